The summed E-state index contributed by atoms with van der Waals surface area (Å²) in [5.41, 5.74) is -0.253. The average Bonchev–Trinajstić information content (AvgIpc) is 3.08. The number of nitrogens with zero attached hydrogens (tertiary/aromatic N) is 3. The van der Waals surface area contributed by atoms with Gasteiger partial charge in [-0.2, -0.15) is 18.3 Å². The first kappa shape index (κ1) is 17.4. The number of alkyl halides is 3. The molecule has 1 aromatic heterocycles. The second-order valence-corrected chi connectivity index (χ2v) is 6.28. The van der Waals surface area contributed by atoms with Crippen molar-refractivity contribution in [2.75, 3.05) is 5.32 Å². The van der Waals surface area contributed by atoms with E-state index in [0.717, 1.165) is 15.7 Å². The van der Waals surface area contributed by atoms with E-state index in [-0.39, 0.29) is 11.4 Å². The third kappa shape index (κ3) is 3.98. The Kier molecular flexibility index (Phi) is 4.75. The first-order valence-electron chi connectivity index (χ1n) is 6.98. The molecule has 0 saturated carbocycles. The van der Waals surface area contributed by atoms with Gasteiger partial charge in [0, 0.05) is 9.13 Å². The monoisotopic (exact) mass is 458 g/mol. The number of hydrogen-bond acceptors (Lipinski definition) is 3. The quantitative estimate of drug-likeness (QED) is 0.601. The van der Waals surface area contributed by atoms with Crippen LogP contribution < -0.4 is 5.32 Å². The highest BCUT2D eigenvalue weighted by molar-refractivity contribution is 14.1. The number of halogens is 4. The van der Waals surface area contributed by atoms with E-state index >= 15 is 0 Å². The largest absolute Gasteiger partial charge is 0.416 e. The Hall–Kier alpha value is -2.43. The summed E-state index contributed by atoms with van der Waals surface area (Å²) in [6.45, 7) is 0. The van der Waals surface area contributed by atoms with Gasteiger partial charge in [0.05, 0.1) is 16.9 Å². The number of rotatable bonds is 3. The predicted octanol–water partition coefficient (Wildman–Crippen LogP) is 4.14. The molecule has 9 heteroatoms. The lowest BCUT2D eigenvalue weighted by Gasteiger charge is -2.14. The van der Waals surface area contributed by atoms with Gasteiger partial charge in [0.15, 0.2) is 0 Å². The Morgan fingerprint density at radius 1 is 1.16 bits per heavy atom. The predicted molar refractivity (Wildman–Crippen MR) is 93.5 cm³/mol. The first-order valence-corrected chi connectivity index (χ1v) is 8.05. The number of amides is 1. The molecular formula is C16H10F3IN4O. The molecule has 5 nitrogen and oxygen atoms in total. The molecule has 128 valence electrons. The summed E-state index contributed by atoms with van der Waals surface area (Å²) in [5, 5.41) is 6.43. The van der Waals surface area contributed by atoms with Crippen molar-refractivity contribution in [1.82, 2.24) is 14.8 Å². The number of carbonyl (C=O) groups excluding carboxylic acids is 1. The number of benzene rings is 2. The minimum Gasteiger partial charge on any atom is -0.320 e. The molecule has 0 radical (unpaired) electrons. The maximum absolute atomic E-state index is 13.0. The van der Waals surface area contributed by atoms with Crippen LogP contribution in [0.4, 0.5) is 18.9 Å². The van der Waals surface area contributed by atoms with Crippen LogP contribution in [0.25, 0.3) is 5.69 Å². The summed E-state index contributed by atoms with van der Waals surface area (Å²) in [6, 6.07) is 9.77. The number of anilines is 1. The van der Waals surface area contributed by atoms with Crippen LogP contribution in [0.5, 0.6) is 0 Å². The van der Waals surface area contributed by atoms with Gasteiger partial charge in [0.25, 0.3) is 5.91 Å². The Morgan fingerprint density at radius 2 is 1.96 bits per heavy atom. The summed E-state index contributed by atoms with van der Waals surface area (Å²) < 4.78 is 41.1. The van der Waals surface area contributed by atoms with Crippen molar-refractivity contribution in [2.24, 2.45) is 0 Å². The Bertz CT molecular complexity index is 910. The van der Waals surface area contributed by atoms with Crippen LogP contribution in [0.2, 0.25) is 0 Å². The fraction of sp³-hybridized carbons (Fsp3) is 0.0625. The molecule has 0 bridgehead atoms. The first-order chi connectivity index (χ1) is 11.8. The van der Waals surface area contributed by atoms with Crippen LogP contribution in [-0.4, -0.2) is 20.7 Å². The SMILES string of the molecule is O=C(Nc1cc(C(F)(F)F)ccc1-n1cncn1)c1cccc(I)c1. The van der Waals surface area contributed by atoms with E-state index in [1.807, 2.05) is 28.7 Å². The molecule has 25 heavy (non-hydrogen) atoms. The van der Waals surface area contributed by atoms with Crippen LogP contribution in [-0.2, 0) is 6.18 Å². The summed E-state index contributed by atoms with van der Waals surface area (Å²) >= 11 is 2.05. The van der Waals surface area contributed by atoms with Crippen LogP contribution in [0.3, 0.4) is 0 Å². The standard InChI is InChI=1S/C16H10F3IN4O/c17-16(18,19)11-4-5-14(24-9-21-8-22-24)13(7-11)23-15(25)10-2-1-3-12(20)6-10/h1-9H,(H,23,25). The maximum Gasteiger partial charge on any atom is 0.416 e. The molecule has 0 atom stereocenters. The van der Waals surface area contributed by atoms with Gasteiger partial charge in [-0.3, -0.25) is 4.79 Å². The molecule has 1 N–H and O–H groups in total. The van der Waals surface area contributed by atoms with Crippen LogP contribution in [0, 0.1) is 3.57 Å². The topological polar surface area (TPSA) is 59.8 Å². The second kappa shape index (κ2) is 6.82. The molecule has 0 aliphatic carbocycles. The van der Waals surface area contributed by atoms with Crippen LogP contribution >= 0.6 is 22.6 Å². The van der Waals surface area contributed by atoms with Crippen LogP contribution in [0.15, 0.2) is 55.1 Å². The molecule has 0 fully saturated rings. The molecule has 1 amide bonds. The van der Waals surface area contributed by atoms with Crippen molar-refractivity contribution >= 4 is 34.2 Å². The Morgan fingerprint density at radius 3 is 2.60 bits per heavy atom. The lowest BCUT2D eigenvalue weighted by molar-refractivity contribution is -0.137. The van der Waals surface area contributed by atoms with Gasteiger partial charge in [0.2, 0.25) is 0 Å². The van der Waals surface area contributed by atoms with Gasteiger partial charge in [0.1, 0.15) is 12.7 Å². The van der Waals surface area contributed by atoms with Gasteiger partial charge < -0.3 is 5.32 Å². The van der Waals surface area contributed by atoms with E-state index in [2.05, 4.69) is 15.4 Å². The fourth-order valence-corrected chi connectivity index (χ4v) is 2.71. The molecule has 0 saturated heterocycles. The molecular weight excluding hydrogens is 448 g/mol. The van der Waals surface area contributed by atoms with E-state index in [9.17, 15) is 18.0 Å². The summed E-state index contributed by atoms with van der Waals surface area (Å²) in [7, 11) is 0. The van der Waals surface area contributed by atoms with Crippen molar-refractivity contribution in [1.29, 1.82) is 0 Å². The summed E-state index contributed by atoms with van der Waals surface area (Å²) in [4.78, 5) is 16.2. The van der Waals surface area contributed by atoms with Gasteiger partial charge in [-0.25, -0.2) is 9.67 Å². The van der Waals surface area contributed by atoms with Gasteiger partial charge in [-0.05, 0) is 59.0 Å². The second-order valence-electron chi connectivity index (χ2n) is 5.03. The van der Waals surface area contributed by atoms with Crippen molar-refractivity contribution in [3.63, 3.8) is 0 Å². The van der Waals surface area contributed by atoms with Crippen molar-refractivity contribution in [3.05, 3.63) is 69.8 Å². The minimum absolute atomic E-state index is 0.0100. The molecule has 0 aliphatic heterocycles. The smallest absolute Gasteiger partial charge is 0.320 e. The van der Waals surface area contributed by atoms with E-state index < -0.39 is 17.6 Å². The van der Waals surface area contributed by atoms with Crippen molar-refractivity contribution in [2.45, 2.75) is 6.18 Å². The van der Waals surface area contributed by atoms with Crippen molar-refractivity contribution in [3.8, 4) is 5.69 Å². The number of carbonyl (C=O) groups is 1. The molecule has 0 aliphatic rings. The third-order valence-corrected chi connectivity index (χ3v) is 4.00. The van der Waals surface area contributed by atoms with E-state index in [4.69, 9.17) is 0 Å². The number of hydrogen-bond donors (Lipinski definition) is 1. The van der Waals surface area contributed by atoms with Gasteiger partial charge >= 0.3 is 6.18 Å². The zero-order valence-corrected chi connectivity index (χ0v) is 14.6. The Balaban J connectivity index is 2.01. The summed E-state index contributed by atoms with van der Waals surface area (Å²) in [5.74, 6) is -0.515. The molecule has 2 aromatic carbocycles. The van der Waals surface area contributed by atoms with Gasteiger partial charge in [-0.1, -0.05) is 6.07 Å². The van der Waals surface area contributed by atoms with Crippen molar-refractivity contribution < 1.29 is 18.0 Å². The molecule has 3 rings (SSSR count). The lowest BCUT2D eigenvalue weighted by Crippen LogP contribution is -2.15. The highest BCUT2D eigenvalue weighted by atomic mass is 127. The zero-order valence-electron chi connectivity index (χ0n) is 12.5. The van der Waals surface area contributed by atoms with Crippen LogP contribution in [0.1, 0.15) is 15.9 Å². The minimum atomic E-state index is -4.53. The number of aromatic nitrogens is 3. The average molecular weight is 458 g/mol. The maximum atomic E-state index is 13.0. The normalized spacial score (nSPS) is 11.4. The molecule has 3 aromatic rings. The highest BCUT2D eigenvalue weighted by Gasteiger charge is 2.31. The van der Waals surface area contributed by atoms with E-state index in [1.54, 1.807) is 18.2 Å². The van der Waals surface area contributed by atoms with E-state index in [0.29, 0.717) is 5.56 Å². The summed E-state index contributed by atoms with van der Waals surface area (Å²) in [6.07, 6.45) is -1.94. The number of nitrogens with one attached hydrogen (secondary N) is 1. The Labute approximate surface area is 154 Å². The molecule has 0 unspecified atom stereocenters. The molecule has 1 heterocycles. The fourth-order valence-electron chi connectivity index (χ4n) is 2.17. The highest BCUT2D eigenvalue weighted by Crippen LogP contribution is 2.33. The van der Waals surface area contributed by atoms with Gasteiger partial charge in [-0.15, -0.1) is 0 Å². The van der Waals surface area contributed by atoms with E-state index in [1.165, 1.54) is 23.4 Å². The third-order valence-electron chi connectivity index (χ3n) is 3.32. The lowest BCUT2D eigenvalue weighted by atomic mass is 10.1. The molecule has 0 spiro atoms. The zero-order chi connectivity index (χ0) is 18.0.